The minimum absolute atomic E-state index is 0.566. The summed E-state index contributed by atoms with van der Waals surface area (Å²) in [7, 11) is 0. The number of guanidine groups is 1. The smallest absolute Gasteiger partial charge is 0.191 e. The predicted octanol–water partition coefficient (Wildman–Crippen LogP) is 2.93. The van der Waals surface area contributed by atoms with Gasteiger partial charge in [0.25, 0.3) is 0 Å². The van der Waals surface area contributed by atoms with Crippen molar-refractivity contribution in [3.8, 4) is 5.75 Å². The first-order chi connectivity index (χ1) is 11.8. The average molecular weight is 327 g/mol. The molecule has 2 N–H and O–H groups in total. The van der Waals surface area contributed by atoms with E-state index in [1.165, 1.54) is 5.56 Å². The number of nitrogens with one attached hydrogen (secondary N) is 2. The molecule has 0 radical (unpaired) electrons. The molecule has 0 saturated heterocycles. The molecule has 0 bridgehead atoms. The number of furan rings is 1. The largest absolute Gasteiger partial charge is 0.492 e. The molecule has 1 heterocycles. The molecule has 0 aliphatic heterocycles. The lowest BCUT2D eigenvalue weighted by molar-refractivity contribution is 0.322. The Morgan fingerprint density at radius 1 is 1.25 bits per heavy atom. The van der Waals surface area contributed by atoms with E-state index in [9.17, 15) is 0 Å². The van der Waals surface area contributed by atoms with Gasteiger partial charge in [-0.2, -0.15) is 0 Å². The Balaban J connectivity index is 1.73. The first kappa shape index (κ1) is 17.7. The SMILES string of the molecule is C=CCNC(=NCCc1ccco1)NCCOc1ccc(C)cc1. The molecule has 0 unspecified atom stereocenters. The summed E-state index contributed by atoms with van der Waals surface area (Å²) in [6, 6.07) is 11.9. The van der Waals surface area contributed by atoms with Crippen molar-refractivity contribution in [3.63, 3.8) is 0 Å². The summed E-state index contributed by atoms with van der Waals surface area (Å²) in [5, 5.41) is 6.44. The summed E-state index contributed by atoms with van der Waals surface area (Å²) < 4.78 is 11.0. The van der Waals surface area contributed by atoms with E-state index in [4.69, 9.17) is 9.15 Å². The zero-order chi connectivity index (χ0) is 17.0. The maximum absolute atomic E-state index is 5.70. The van der Waals surface area contributed by atoms with Crippen LogP contribution in [-0.4, -0.2) is 32.2 Å². The Kier molecular flexibility index (Phi) is 7.47. The summed E-state index contributed by atoms with van der Waals surface area (Å²) in [5.74, 6) is 2.55. The fourth-order valence-corrected chi connectivity index (χ4v) is 2.05. The van der Waals surface area contributed by atoms with Crippen LogP contribution >= 0.6 is 0 Å². The van der Waals surface area contributed by atoms with Gasteiger partial charge in [0, 0.05) is 19.5 Å². The average Bonchev–Trinajstić information content (AvgIpc) is 3.11. The third kappa shape index (κ3) is 6.60. The highest BCUT2D eigenvalue weighted by molar-refractivity contribution is 5.79. The summed E-state index contributed by atoms with van der Waals surface area (Å²) >= 11 is 0. The van der Waals surface area contributed by atoms with Crippen molar-refractivity contribution in [2.24, 2.45) is 4.99 Å². The number of nitrogens with zero attached hydrogens (tertiary/aromatic N) is 1. The number of rotatable bonds is 9. The van der Waals surface area contributed by atoms with Gasteiger partial charge in [-0.05, 0) is 31.2 Å². The molecule has 2 aromatic rings. The molecule has 0 aliphatic rings. The molecule has 0 atom stereocenters. The van der Waals surface area contributed by atoms with E-state index < -0.39 is 0 Å². The molecule has 5 heteroatoms. The monoisotopic (exact) mass is 327 g/mol. The molecule has 0 amide bonds. The number of hydrogen-bond acceptors (Lipinski definition) is 3. The number of aliphatic imine (C=N–C) groups is 1. The molecular weight excluding hydrogens is 302 g/mol. The Morgan fingerprint density at radius 2 is 2.08 bits per heavy atom. The number of hydrogen-bond donors (Lipinski definition) is 2. The fraction of sp³-hybridized carbons (Fsp3) is 0.316. The highest BCUT2D eigenvalue weighted by Crippen LogP contribution is 2.10. The van der Waals surface area contributed by atoms with Gasteiger partial charge in [-0.3, -0.25) is 4.99 Å². The third-order valence-electron chi connectivity index (χ3n) is 3.31. The Bertz CT molecular complexity index is 619. The number of ether oxygens (including phenoxy) is 1. The molecule has 1 aromatic carbocycles. The van der Waals surface area contributed by atoms with E-state index in [-0.39, 0.29) is 0 Å². The van der Waals surface area contributed by atoms with E-state index in [1.54, 1.807) is 12.3 Å². The van der Waals surface area contributed by atoms with Crippen molar-refractivity contribution in [3.05, 3.63) is 66.6 Å². The van der Waals surface area contributed by atoms with E-state index in [0.29, 0.717) is 26.2 Å². The van der Waals surface area contributed by atoms with Crippen LogP contribution in [0.3, 0.4) is 0 Å². The molecule has 0 aliphatic carbocycles. The highest BCUT2D eigenvalue weighted by atomic mass is 16.5. The zero-order valence-electron chi connectivity index (χ0n) is 14.1. The maximum Gasteiger partial charge on any atom is 0.191 e. The zero-order valence-corrected chi connectivity index (χ0v) is 14.1. The number of benzene rings is 1. The highest BCUT2D eigenvalue weighted by Gasteiger charge is 1.99. The van der Waals surface area contributed by atoms with Crippen LogP contribution in [0.1, 0.15) is 11.3 Å². The fourth-order valence-electron chi connectivity index (χ4n) is 2.05. The van der Waals surface area contributed by atoms with Crippen LogP contribution in [0.4, 0.5) is 0 Å². The van der Waals surface area contributed by atoms with Gasteiger partial charge >= 0.3 is 0 Å². The van der Waals surface area contributed by atoms with Gasteiger partial charge in [-0.25, -0.2) is 0 Å². The van der Waals surface area contributed by atoms with Gasteiger partial charge in [0.15, 0.2) is 5.96 Å². The van der Waals surface area contributed by atoms with Gasteiger partial charge in [0.05, 0.1) is 12.8 Å². The Labute approximate surface area is 143 Å². The molecular formula is C19H25N3O2. The second-order valence-corrected chi connectivity index (χ2v) is 5.32. The van der Waals surface area contributed by atoms with Crippen molar-refractivity contribution >= 4 is 5.96 Å². The summed E-state index contributed by atoms with van der Waals surface area (Å²) in [5.41, 5.74) is 1.22. The maximum atomic E-state index is 5.70. The minimum Gasteiger partial charge on any atom is -0.492 e. The quantitative estimate of drug-likeness (QED) is 0.322. The Hall–Kier alpha value is -2.69. The van der Waals surface area contributed by atoms with Crippen molar-refractivity contribution in [1.82, 2.24) is 10.6 Å². The van der Waals surface area contributed by atoms with Crippen molar-refractivity contribution in [1.29, 1.82) is 0 Å². The van der Waals surface area contributed by atoms with Crippen LogP contribution in [0.25, 0.3) is 0 Å². The number of aryl methyl sites for hydroxylation is 1. The van der Waals surface area contributed by atoms with Crippen LogP contribution in [0.2, 0.25) is 0 Å². The van der Waals surface area contributed by atoms with Crippen molar-refractivity contribution in [2.45, 2.75) is 13.3 Å². The topological polar surface area (TPSA) is 58.8 Å². The first-order valence-corrected chi connectivity index (χ1v) is 8.13. The van der Waals surface area contributed by atoms with E-state index in [2.05, 4.69) is 29.1 Å². The van der Waals surface area contributed by atoms with Gasteiger partial charge < -0.3 is 19.8 Å². The van der Waals surface area contributed by atoms with Crippen LogP contribution in [0, 0.1) is 6.92 Å². The van der Waals surface area contributed by atoms with Crippen molar-refractivity contribution < 1.29 is 9.15 Å². The van der Waals surface area contributed by atoms with E-state index in [0.717, 1.165) is 23.9 Å². The molecule has 5 nitrogen and oxygen atoms in total. The molecule has 2 rings (SSSR count). The van der Waals surface area contributed by atoms with Gasteiger partial charge in [-0.15, -0.1) is 6.58 Å². The summed E-state index contributed by atoms with van der Waals surface area (Å²) in [6.45, 7) is 8.31. The third-order valence-corrected chi connectivity index (χ3v) is 3.31. The first-order valence-electron chi connectivity index (χ1n) is 8.13. The van der Waals surface area contributed by atoms with Crippen LogP contribution in [0.15, 0.2) is 64.7 Å². The van der Waals surface area contributed by atoms with Crippen LogP contribution in [-0.2, 0) is 6.42 Å². The molecule has 0 saturated carbocycles. The second-order valence-electron chi connectivity index (χ2n) is 5.32. The van der Waals surface area contributed by atoms with Crippen LogP contribution in [0.5, 0.6) is 5.75 Å². The van der Waals surface area contributed by atoms with E-state index in [1.807, 2.05) is 36.4 Å². The lowest BCUT2D eigenvalue weighted by Gasteiger charge is -2.12. The molecule has 24 heavy (non-hydrogen) atoms. The molecule has 0 fully saturated rings. The van der Waals surface area contributed by atoms with Gasteiger partial charge in [0.1, 0.15) is 18.1 Å². The van der Waals surface area contributed by atoms with Gasteiger partial charge in [-0.1, -0.05) is 23.8 Å². The van der Waals surface area contributed by atoms with E-state index >= 15 is 0 Å². The standard InChI is InChI=1S/C19H25N3O2/c1-3-11-20-19(21-12-10-17-5-4-14-23-17)22-13-15-24-18-8-6-16(2)7-9-18/h3-9,14H,1,10-13,15H2,2H3,(H2,20,21,22). The Morgan fingerprint density at radius 3 is 2.79 bits per heavy atom. The summed E-state index contributed by atoms with van der Waals surface area (Å²) in [6.07, 6.45) is 4.25. The van der Waals surface area contributed by atoms with Crippen LogP contribution < -0.4 is 15.4 Å². The summed E-state index contributed by atoms with van der Waals surface area (Å²) in [4.78, 5) is 4.52. The normalized spacial score (nSPS) is 11.1. The second kappa shape index (κ2) is 10.2. The lowest BCUT2D eigenvalue weighted by atomic mass is 10.2. The van der Waals surface area contributed by atoms with Gasteiger partial charge in [0.2, 0.25) is 0 Å². The van der Waals surface area contributed by atoms with Crippen molar-refractivity contribution in [2.75, 3.05) is 26.2 Å². The predicted molar refractivity (Wildman–Crippen MR) is 97.6 cm³/mol. The lowest BCUT2D eigenvalue weighted by Crippen LogP contribution is -2.39. The molecule has 1 aromatic heterocycles. The molecule has 128 valence electrons. The minimum atomic E-state index is 0.566. The molecule has 0 spiro atoms.